The summed E-state index contributed by atoms with van der Waals surface area (Å²) in [7, 11) is 0. The highest BCUT2D eigenvalue weighted by Gasteiger charge is 2.35. The number of thiocarbonyl (C=S) groups is 1. The third-order valence-electron chi connectivity index (χ3n) is 5.32. The number of carbonyl (C=O) groups is 1. The van der Waals surface area contributed by atoms with E-state index in [9.17, 15) is 14.0 Å². The van der Waals surface area contributed by atoms with Crippen molar-refractivity contribution in [1.29, 1.82) is 0 Å². The topological polar surface area (TPSA) is 73.1 Å². The third-order valence-corrected chi connectivity index (χ3v) is 6.70. The van der Waals surface area contributed by atoms with Crippen molar-refractivity contribution in [1.82, 2.24) is 14.3 Å². The molecule has 2 aliphatic rings. The van der Waals surface area contributed by atoms with E-state index in [4.69, 9.17) is 21.7 Å². The zero-order chi connectivity index (χ0) is 22.9. The molecule has 1 amide bonds. The number of hydrogen-bond acceptors (Lipinski definition) is 7. The van der Waals surface area contributed by atoms with E-state index in [0.29, 0.717) is 33.8 Å². The second kappa shape index (κ2) is 9.05. The Morgan fingerprint density at radius 2 is 2.06 bits per heavy atom. The summed E-state index contributed by atoms with van der Waals surface area (Å²) >= 11 is 6.53. The Morgan fingerprint density at radius 1 is 1.24 bits per heavy atom. The van der Waals surface area contributed by atoms with E-state index >= 15 is 0 Å². The highest BCUT2D eigenvalue weighted by atomic mass is 32.2. The normalized spacial score (nSPS) is 19.7. The van der Waals surface area contributed by atoms with Gasteiger partial charge >= 0.3 is 0 Å². The largest absolute Gasteiger partial charge is 0.438 e. The van der Waals surface area contributed by atoms with Crippen molar-refractivity contribution in [3.05, 3.63) is 75.3 Å². The molecule has 0 N–H and O–H groups in total. The molecular weight excluding hydrogens is 465 g/mol. The molecule has 0 radical (unpaired) electrons. The number of benzene rings is 1. The van der Waals surface area contributed by atoms with Gasteiger partial charge in [0.25, 0.3) is 11.5 Å². The number of thioether (sulfide) groups is 1. The van der Waals surface area contributed by atoms with E-state index in [1.54, 1.807) is 24.4 Å². The first kappa shape index (κ1) is 21.7. The molecule has 3 aromatic rings. The summed E-state index contributed by atoms with van der Waals surface area (Å²) in [4.78, 5) is 32.6. The third kappa shape index (κ3) is 4.41. The lowest BCUT2D eigenvalue weighted by Gasteiger charge is -2.18. The van der Waals surface area contributed by atoms with Crippen molar-refractivity contribution in [3.8, 4) is 11.6 Å². The first-order valence-corrected chi connectivity index (χ1v) is 11.5. The van der Waals surface area contributed by atoms with Crippen LogP contribution in [0.3, 0.4) is 0 Å². The van der Waals surface area contributed by atoms with Crippen molar-refractivity contribution < 1.29 is 18.7 Å². The summed E-state index contributed by atoms with van der Waals surface area (Å²) in [5.74, 6) is -0.374. The average molecular weight is 484 g/mol. The van der Waals surface area contributed by atoms with Crippen molar-refractivity contribution in [2.45, 2.75) is 18.9 Å². The number of ether oxygens (including phenoxy) is 2. The summed E-state index contributed by atoms with van der Waals surface area (Å²) in [5.41, 5.74) is 0.0745. The molecule has 2 aromatic heterocycles. The van der Waals surface area contributed by atoms with Crippen LogP contribution in [0.2, 0.25) is 0 Å². The molecule has 168 valence electrons. The van der Waals surface area contributed by atoms with Crippen LogP contribution in [0.4, 0.5) is 4.39 Å². The molecule has 2 saturated heterocycles. The van der Waals surface area contributed by atoms with Gasteiger partial charge in [0.05, 0.1) is 17.6 Å². The molecule has 0 spiro atoms. The highest BCUT2D eigenvalue weighted by Crippen LogP contribution is 2.35. The number of hydrogen-bond donors (Lipinski definition) is 0. The molecule has 2 aliphatic heterocycles. The highest BCUT2D eigenvalue weighted by molar-refractivity contribution is 8.26. The Kier molecular flexibility index (Phi) is 5.96. The van der Waals surface area contributed by atoms with Crippen molar-refractivity contribution in [2.75, 3.05) is 13.2 Å². The number of pyridine rings is 1. The lowest BCUT2D eigenvalue weighted by Crippen LogP contribution is -2.35. The van der Waals surface area contributed by atoms with Gasteiger partial charge in [-0.15, -0.1) is 0 Å². The monoisotopic (exact) mass is 483 g/mol. The number of amides is 1. The maximum absolute atomic E-state index is 13.3. The Hall–Kier alpha value is -3.08. The fourth-order valence-corrected chi connectivity index (χ4v) is 4.94. The molecule has 1 unspecified atom stereocenters. The lowest BCUT2D eigenvalue weighted by atomic mass is 10.2. The molecule has 5 rings (SSSR count). The van der Waals surface area contributed by atoms with E-state index < -0.39 is 11.4 Å². The van der Waals surface area contributed by atoms with Crippen LogP contribution < -0.4 is 10.3 Å². The van der Waals surface area contributed by atoms with Crippen LogP contribution >= 0.6 is 24.0 Å². The van der Waals surface area contributed by atoms with Gasteiger partial charge in [0.15, 0.2) is 0 Å². The maximum atomic E-state index is 13.3. The van der Waals surface area contributed by atoms with Crippen LogP contribution in [0.1, 0.15) is 18.4 Å². The number of rotatable bonds is 5. The average Bonchev–Trinajstić information content (AvgIpc) is 3.42. The van der Waals surface area contributed by atoms with Gasteiger partial charge in [-0.2, -0.15) is 4.98 Å². The summed E-state index contributed by atoms with van der Waals surface area (Å²) in [6, 6.07) is 10.5. The van der Waals surface area contributed by atoms with Crippen LogP contribution in [-0.2, 0) is 9.53 Å². The summed E-state index contributed by atoms with van der Waals surface area (Å²) < 4.78 is 26.6. The molecule has 0 aliphatic carbocycles. The SMILES string of the molecule is O=C1/C(=C/c2c(Oc3ccc(F)cc3)nc3ccccn3c2=O)SC(=S)N1CC1CCCO1. The summed E-state index contributed by atoms with van der Waals surface area (Å²) in [5, 5.41) is 0. The van der Waals surface area contributed by atoms with Gasteiger partial charge < -0.3 is 9.47 Å². The maximum Gasteiger partial charge on any atom is 0.269 e. The fourth-order valence-electron chi connectivity index (χ4n) is 3.68. The summed E-state index contributed by atoms with van der Waals surface area (Å²) in [6.07, 6.45) is 4.84. The zero-order valence-electron chi connectivity index (χ0n) is 17.3. The quantitative estimate of drug-likeness (QED) is 0.401. The predicted molar refractivity (Wildman–Crippen MR) is 127 cm³/mol. The van der Waals surface area contributed by atoms with E-state index in [1.807, 2.05) is 0 Å². The summed E-state index contributed by atoms with van der Waals surface area (Å²) in [6.45, 7) is 1.06. The number of carbonyl (C=O) groups excluding carboxylic acids is 1. The molecule has 4 heterocycles. The molecule has 2 fully saturated rings. The second-order valence-electron chi connectivity index (χ2n) is 7.55. The smallest absolute Gasteiger partial charge is 0.269 e. The standard InChI is InChI=1S/C23H18FN3O4S2/c24-14-6-8-15(9-7-14)31-20-17(21(28)26-10-2-1-5-19(26)25-20)12-18-22(29)27(23(32)33-18)13-16-4-3-11-30-16/h1-2,5-10,12,16H,3-4,11,13H2/b18-12-. The lowest BCUT2D eigenvalue weighted by molar-refractivity contribution is -0.123. The molecule has 0 bridgehead atoms. The first-order valence-electron chi connectivity index (χ1n) is 10.3. The molecule has 7 nitrogen and oxygen atoms in total. The zero-order valence-corrected chi connectivity index (χ0v) is 18.9. The minimum atomic E-state index is -0.413. The van der Waals surface area contributed by atoms with Crippen molar-refractivity contribution >= 4 is 45.9 Å². The van der Waals surface area contributed by atoms with Gasteiger partial charge in [-0.05, 0) is 55.3 Å². The van der Waals surface area contributed by atoms with Gasteiger partial charge in [-0.1, -0.05) is 30.0 Å². The van der Waals surface area contributed by atoms with E-state index in [-0.39, 0.29) is 23.5 Å². The molecule has 0 saturated carbocycles. The number of fused-ring (bicyclic) bond motifs is 1. The second-order valence-corrected chi connectivity index (χ2v) is 9.22. The predicted octanol–water partition coefficient (Wildman–Crippen LogP) is 4.01. The van der Waals surface area contributed by atoms with Crippen LogP contribution in [0.15, 0.2) is 58.4 Å². The van der Waals surface area contributed by atoms with E-state index in [2.05, 4.69) is 4.98 Å². The van der Waals surface area contributed by atoms with Crippen LogP contribution in [0.5, 0.6) is 11.6 Å². The Morgan fingerprint density at radius 3 is 2.82 bits per heavy atom. The molecule has 10 heteroatoms. The van der Waals surface area contributed by atoms with Gasteiger partial charge in [-0.25, -0.2) is 4.39 Å². The Balaban J connectivity index is 1.54. The van der Waals surface area contributed by atoms with E-state index in [0.717, 1.165) is 24.6 Å². The van der Waals surface area contributed by atoms with Crippen molar-refractivity contribution in [3.63, 3.8) is 0 Å². The van der Waals surface area contributed by atoms with Crippen LogP contribution in [0.25, 0.3) is 11.7 Å². The van der Waals surface area contributed by atoms with Gasteiger partial charge in [-0.3, -0.25) is 18.9 Å². The fraction of sp³-hybridized carbons (Fsp3) is 0.217. The Bertz CT molecular complexity index is 1330. The van der Waals surface area contributed by atoms with Crippen LogP contribution in [0, 0.1) is 5.82 Å². The van der Waals surface area contributed by atoms with Crippen LogP contribution in [-0.4, -0.2) is 43.8 Å². The molecular formula is C23H18FN3O4S2. The number of aromatic nitrogens is 2. The van der Waals surface area contributed by atoms with E-state index in [1.165, 1.54) is 39.6 Å². The van der Waals surface area contributed by atoms with Crippen molar-refractivity contribution in [2.24, 2.45) is 0 Å². The molecule has 1 aromatic carbocycles. The Labute approximate surface area is 197 Å². The minimum Gasteiger partial charge on any atom is -0.438 e. The molecule has 33 heavy (non-hydrogen) atoms. The first-order chi connectivity index (χ1) is 16.0. The van der Waals surface area contributed by atoms with Gasteiger partial charge in [0.1, 0.15) is 27.1 Å². The van der Waals surface area contributed by atoms with Gasteiger partial charge in [0, 0.05) is 12.8 Å². The van der Waals surface area contributed by atoms with Gasteiger partial charge in [0.2, 0.25) is 5.88 Å². The molecule has 1 atom stereocenters. The minimum absolute atomic E-state index is 0.0159. The number of halogens is 1. The number of nitrogens with zero attached hydrogens (tertiary/aromatic N) is 3.